The zero-order chi connectivity index (χ0) is 14.8. The lowest BCUT2D eigenvalue weighted by molar-refractivity contribution is 0.441. The molecule has 0 aromatic carbocycles. The maximum absolute atomic E-state index is 5.83. The molecule has 2 aromatic heterocycles. The number of ether oxygens (including phenoxy) is 1. The predicted molar refractivity (Wildman–Crippen MR) is 79.3 cm³/mol. The number of nitrogens with zero attached hydrogens (tertiary/aromatic N) is 3. The Bertz CT molecular complexity index is 591. The first kappa shape index (κ1) is 14.2. The van der Waals surface area contributed by atoms with E-state index in [1.54, 1.807) is 12.4 Å². The highest BCUT2D eigenvalue weighted by atomic mass is 16.5. The van der Waals surface area contributed by atoms with E-state index >= 15 is 0 Å². The lowest BCUT2D eigenvalue weighted by atomic mass is 9.95. The molecule has 0 fully saturated rings. The molecule has 2 aromatic rings. The van der Waals surface area contributed by atoms with E-state index in [1.165, 1.54) is 0 Å². The van der Waals surface area contributed by atoms with Crippen molar-refractivity contribution in [2.75, 3.05) is 12.4 Å². The van der Waals surface area contributed by atoms with E-state index in [1.807, 2.05) is 26.1 Å². The lowest BCUT2D eigenvalue weighted by Crippen LogP contribution is -2.18. The number of nitrogens with one attached hydrogen (secondary N) is 1. The Hall–Kier alpha value is -2.17. The summed E-state index contributed by atoms with van der Waals surface area (Å²) in [7, 11) is 1.84. The van der Waals surface area contributed by atoms with Crippen LogP contribution in [0.5, 0.6) is 11.6 Å². The van der Waals surface area contributed by atoms with E-state index < -0.39 is 0 Å². The van der Waals surface area contributed by atoms with E-state index in [0.717, 1.165) is 17.2 Å². The van der Waals surface area contributed by atoms with Gasteiger partial charge >= 0.3 is 0 Å². The molecule has 5 heteroatoms. The van der Waals surface area contributed by atoms with Gasteiger partial charge in [0.2, 0.25) is 5.88 Å². The maximum atomic E-state index is 5.83. The van der Waals surface area contributed by atoms with E-state index in [2.05, 4.69) is 41.0 Å². The minimum atomic E-state index is -0.146. The third-order valence-corrected chi connectivity index (χ3v) is 2.86. The molecule has 106 valence electrons. The van der Waals surface area contributed by atoms with Gasteiger partial charge in [0, 0.05) is 18.7 Å². The first-order valence-corrected chi connectivity index (χ1v) is 6.56. The summed E-state index contributed by atoms with van der Waals surface area (Å²) >= 11 is 0. The fourth-order valence-corrected chi connectivity index (χ4v) is 1.69. The fraction of sp³-hybridized carbons (Fsp3) is 0.400. The van der Waals surface area contributed by atoms with Crippen molar-refractivity contribution in [3.8, 4) is 11.6 Å². The first-order valence-electron chi connectivity index (χ1n) is 6.56. The predicted octanol–water partition coefficient (Wildman–Crippen LogP) is 3.31. The summed E-state index contributed by atoms with van der Waals surface area (Å²) in [5.41, 5.74) is 0.733. The second-order valence-corrected chi connectivity index (χ2v) is 5.62. The van der Waals surface area contributed by atoms with Crippen LogP contribution >= 0.6 is 0 Å². The van der Waals surface area contributed by atoms with Gasteiger partial charge in [-0.15, -0.1) is 0 Å². The van der Waals surface area contributed by atoms with Gasteiger partial charge < -0.3 is 10.1 Å². The van der Waals surface area contributed by atoms with Crippen molar-refractivity contribution < 1.29 is 4.74 Å². The maximum Gasteiger partial charge on any atom is 0.227 e. The molecular weight excluding hydrogens is 252 g/mol. The van der Waals surface area contributed by atoms with E-state index in [9.17, 15) is 0 Å². The number of hydrogen-bond acceptors (Lipinski definition) is 5. The van der Waals surface area contributed by atoms with Crippen molar-refractivity contribution in [1.29, 1.82) is 0 Å². The smallest absolute Gasteiger partial charge is 0.227 e. The zero-order valence-electron chi connectivity index (χ0n) is 12.6. The zero-order valence-corrected chi connectivity index (χ0v) is 12.6. The number of hydrogen-bond donors (Lipinski definition) is 1. The molecule has 1 N–H and O–H groups in total. The standard InChI is InChI=1S/C15H20N4O/c1-10-12(16-5)18-14(15(2,3)4)19-13(10)20-11-7-6-8-17-9-11/h6-9H,1-5H3,(H,16,18,19). The molecule has 0 aliphatic heterocycles. The highest BCUT2D eigenvalue weighted by Gasteiger charge is 2.21. The van der Waals surface area contributed by atoms with Gasteiger partial charge in [-0.2, -0.15) is 4.98 Å². The van der Waals surface area contributed by atoms with Gasteiger partial charge in [0.1, 0.15) is 17.4 Å². The summed E-state index contributed by atoms with van der Waals surface area (Å²) in [6, 6.07) is 3.68. The highest BCUT2D eigenvalue weighted by molar-refractivity contribution is 5.49. The molecule has 2 heterocycles. The number of aromatic nitrogens is 3. The minimum Gasteiger partial charge on any atom is -0.437 e. The van der Waals surface area contributed by atoms with Crippen LogP contribution in [0.25, 0.3) is 0 Å². The Balaban J connectivity index is 2.46. The van der Waals surface area contributed by atoms with Gasteiger partial charge in [-0.05, 0) is 19.1 Å². The van der Waals surface area contributed by atoms with Crippen LogP contribution in [0.1, 0.15) is 32.2 Å². The summed E-state index contributed by atoms with van der Waals surface area (Å²) in [6.07, 6.45) is 3.37. The van der Waals surface area contributed by atoms with Crippen LogP contribution in [0.4, 0.5) is 5.82 Å². The first-order chi connectivity index (χ1) is 9.41. The molecule has 5 nitrogen and oxygen atoms in total. The van der Waals surface area contributed by atoms with Gasteiger partial charge in [0.15, 0.2) is 0 Å². The summed E-state index contributed by atoms with van der Waals surface area (Å²) < 4.78 is 5.83. The van der Waals surface area contributed by atoms with Gasteiger partial charge in [-0.3, -0.25) is 4.98 Å². The summed E-state index contributed by atoms with van der Waals surface area (Å²) in [5, 5.41) is 3.09. The van der Waals surface area contributed by atoms with E-state index in [-0.39, 0.29) is 5.41 Å². The molecule has 0 amide bonds. The van der Waals surface area contributed by atoms with Crippen molar-refractivity contribution >= 4 is 5.82 Å². The molecule has 2 rings (SSSR count). The molecule has 0 atom stereocenters. The topological polar surface area (TPSA) is 59.9 Å². The summed E-state index contributed by atoms with van der Waals surface area (Å²) in [5.74, 6) is 2.74. The van der Waals surface area contributed by atoms with Crippen LogP contribution in [-0.4, -0.2) is 22.0 Å². The molecule has 0 radical (unpaired) electrons. The Morgan fingerprint density at radius 1 is 1.20 bits per heavy atom. The Morgan fingerprint density at radius 2 is 1.95 bits per heavy atom. The van der Waals surface area contributed by atoms with Crippen LogP contribution in [0.15, 0.2) is 24.5 Å². The van der Waals surface area contributed by atoms with E-state index in [0.29, 0.717) is 11.6 Å². The quantitative estimate of drug-likeness (QED) is 0.928. The normalized spacial score (nSPS) is 11.2. The summed E-state index contributed by atoms with van der Waals surface area (Å²) in [4.78, 5) is 13.1. The average Bonchev–Trinajstić information content (AvgIpc) is 2.41. The van der Waals surface area contributed by atoms with Crippen LogP contribution in [-0.2, 0) is 5.41 Å². The van der Waals surface area contributed by atoms with Crippen molar-refractivity contribution in [2.24, 2.45) is 0 Å². The molecule has 0 saturated carbocycles. The van der Waals surface area contributed by atoms with Gasteiger partial charge in [0.25, 0.3) is 0 Å². The van der Waals surface area contributed by atoms with Gasteiger partial charge in [0.05, 0.1) is 11.8 Å². The monoisotopic (exact) mass is 272 g/mol. The molecule has 0 spiro atoms. The van der Waals surface area contributed by atoms with E-state index in [4.69, 9.17) is 4.74 Å². The van der Waals surface area contributed by atoms with Crippen molar-refractivity contribution in [1.82, 2.24) is 15.0 Å². The van der Waals surface area contributed by atoms with Crippen LogP contribution < -0.4 is 10.1 Å². The molecule has 0 saturated heterocycles. The third kappa shape index (κ3) is 3.04. The Labute approximate surface area is 119 Å². The van der Waals surface area contributed by atoms with Crippen LogP contribution in [0.3, 0.4) is 0 Å². The molecule has 0 aliphatic rings. The molecule has 0 aliphatic carbocycles. The lowest BCUT2D eigenvalue weighted by Gasteiger charge is -2.20. The van der Waals surface area contributed by atoms with Crippen molar-refractivity contribution in [3.05, 3.63) is 35.9 Å². The average molecular weight is 272 g/mol. The molecule has 0 bridgehead atoms. The molecule has 0 unspecified atom stereocenters. The molecular formula is C15H20N4O. The SMILES string of the molecule is CNc1nc(C(C)(C)C)nc(Oc2cccnc2)c1C. The summed E-state index contributed by atoms with van der Waals surface area (Å²) in [6.45, 7) is 8.16. The largest absolute Gasteiger partial charge is 0.437 e. The van der Waals surface area contributed by atoms with Gasteiger partial charge in [-0.1, -0.05) is 20.8 Å². The second-order valence-electron chi connectivity index (χ2n) is 5.62. The number of pyridine rings is 1. The fourth-order valence-electron chi connectivity index (χ4n) is 1.69. The van der Waals surface area contributed by atoms with Gasteiger partial charge in [-0.25, -0.2) is 4.98 Å². The third-order valence-electron chi connectivity index (χ3n) is 2.86. The minimum absolute atomic E-state index is 0.146. The Kier molecular flexibility index (Phi) is 3.88. The second kappa shape index (κ2) is 5.45. The van der Waals surface area contributed by atoms with Crippen molar-refractivity contribution in [3.63, 3.8) is 0 Å². The number of anilines is 1. The van der Waals surface area contributed by atoms with Crippen molar-refractivity contribution in [2.45, 2.75) is 33.1 Å². The highest BCUT2D eigenvalue weighted by Crippen LogP contribution is 2.30. The van der Waals surface area contributed by atoms with Crippen LogP contribution in [0.2, 0.25) is 0 Å². The number of rotatable bonds is 3. The van der Waals surface area contributed by atoms with Crippen LogP contribution in [0, 0.1) is 6.92 Å². The molecule has 20 heavy (non-hydrogen) atoms. The Morgan fingerprint density at radius 3 is 2.50 bits per heavy atom.